The van der Waals surface area contributed by atoms with E-state index in [-0.39, 0.29) is 5.69 Å². The molecule has 0 fully saturated rings. The van der Waals surface area contributed by atoms with E-state index in [4.69, 9.17) is 4.74 Å². The molecule has 0 bridgehead atoms. The standard InChI is InChI=1S/C14H15F3N4O3S/c15-14(16,17)9-21-5-3-13(19-21)25(22,23)20-11-2-1-10-8-18-4-6-24-12(10)7-11/h1-3,5,7,18,20H,4,6,8-9H2. The van der Waals surface area contributed by atoms with Crippen molar-refractivity contribution in [1.29, 1.82) is 0 Å². The number of anilines is 1. The third kappa shape index (κ3) is 4.42. The van der Waals surface area contributed by atoms with E-state index in [2.05, 4.69) is 15.1 Å². The number of hydrogen-bond acceptors (Lipinski definition) is 5. The number of alkyl halides is 3. The smallest absolute Gasteiger partial charge is 0.408 e. The molecule has 1 aromatic carbocycles. The lowest BCUT2D eigenvalue weighted by Crippen LogP contribution is -2.19. The van der Waals surface area contributed by atoms with Crippen LogP contribution < -0.4 is 14.8 Å². The average Bonchev–Trinajstić information content (AvgIpc) is 2.83. The average molecular weight is 376 g/mol. The molecule has 0 unspecified atom stereocenters. The van der Waals surface area contributed by atoms with Crippen LogP contribution in [0, 0.1) is 0 Å². The Hall–Kier alpha value is -2.27. The van der Waals surface area contributed by atoms with Crippen LogP contribution in [0.3, 0.4) is 0 Å². The van der Waals surface area contributed by atoms with E-state index >= 15 is 0 Å². The molecule has 7 nitrogen and oxygen atoms in total. The number of halogens is 3. The lowest BCUT2D eigenvalue weighted by Gasteiger charge is -2.11. The van der Waals surface area contributed by atoms with E-state index in [1.807, 2.05) is 0 Å². The normalized spacial score (nSPS) is 15.2. The number of nitrogens with one attached hydrogen (secondary N) is 2. The predicted octanol–water partition coefficient (Wildman–Crippen LogP) is 1.73. The molecule has 0 spiro atoms. The van der Waals surface area contributed by atoms with Crippen molar-refractivity contribution in [2.24, 2.45) is 0 Å². The molecule has 0 amide bonds. The summed E-state index contributed by atoms with van der Waals surface area (Å²) < 4.78 is 70.0. The van der Waals surface area contributed by atoms with E-state index in [1.54, 1.807) is 12.1 Å². The van der Waals surface area contributed by atoms with Gasteiger partial charge in [0.05, 0.1) is 5.69 Å². The molecule has 2 aromatic rings. The van der Waals surface area contributed by atoms with Crippen molar-refractivity contribution in [2.45, 2.75) is 24.3 Å². The molecule has 11 heteroatoms. The van der Waals surface area contributed by atoms with Gasteiger partial charge in [-0.1, -0.05) is 6.07 Å². The molecule has 2 heterocycles. The van der Waals surface area contributed by atoms with Crippen molar-refractivity contribution >= 4 is 15.7 Å². The third-order valence-corrected chi connectivity index (χ3v) is 4.68. The zero-order valence-electron chi connectivity index (χ0n) is 12.9. The van der Waals surface area contributed by atoms with Crippen LogP contribution in [0.1, 0.15) is 5.56 Å². The third-order valence-electron chi connectivity index (χ3n) is 3.40. The highest BCUT2D eigenvalue weighted by Gasteiger charge is 2.29. The summed E-state index contributed by atoms with van der Waals surface area (Å²) in [6, 6.07) is 5.82. The van der Waals surface area contributed by atoms with Crippen LogP contribution in [0.5, 0.6) is 5.75 Å². The number of ether oxygens (including phenoxy) is 1. The number of hydrogen-bond donors (Lipinski definition) is 2. The van der Waals surface area contributed by atoms with Gasteiger partial charge in [-0.15, -0.1) is 0 Å². The lowest BCUT2D eigenvalue weighted by molar-refractivity contribution is -0.142. The molecule has 0 saturated carbocycles. The molecule has 2 N–H and O–H groups in total. The SMILES string of the molecule is O=S(=O)(Nc1ccc2c(c1)OCCNC2)c1ccn(CC(F)(F)F)n1. The van der Waals surface area contributed by atoms with Crippen LogP contribution in [0.2, 0.25) is 0 Å². The van der Waals surface area contributed by atoms with Crippen LogP contribution in [0.25, 0.3) is 0 Å². The van der Waals surface area contributed by atoms with Crippen molar-refractivity contribution in [2.75, 3.05) is 17.9 Å². The van der Waals surface area contributed by atoms with Gasteiger partial charge in [0.2, 0.25) is 0 Å². The van der Waals surface area contributed by atoms with Crippen molar-refractivity contribution < 1.29 is 26.3 Å². The molecule has 1 aromatic heterocycles. The second-order valence-corrected chi connectivity index (χ2v) is 7.05. The van der Waals surface area contributed by atoms with Gasteiger partial charge < -0.3 is 10.1 Å². The molecule has 136 valence electrons. The first-order chi connectivity index (χ1) is 11.7. The summed E-state index contributed by atoms with van der Waals surface area (Å²) >= 11 is 0. The second-order valence-electron chi connectivity index (χ2n) is 5.42. The Labute approximate surface area is 141 Å². The molecule has 0 atom stereocenters. The summed E-state index contributed by atoms with van der Waals surface area (Å²) in [5.74, 6) is 0.549. The minimum atomic E-state index is -4.48. The molecule has 3 rings (SSSR count). The van der Waals surface area contributed by atoms with Gasteiger partial charge in [-0.05, 0) is 12.1 Å². The van der Waals surface area contributed by atoms with Gasteiger partial charge in [-0.3, -0.25) is 9.40 Å². The molecule has 0 aliphatic carbocycles. The first-order valence-electron chi connectivity index (χ1n) is 7.32. The summed E-state index contributed by atoms with van der Waals surface area (Å²) in [7, 11) is -4.10. The van der Waals surface area contributed by atoms with Crippen molar-refractivity contribution in [1.82, 2.24) is 15.1 Å². The number of benzene rings is 1. The van der Waals surface area contributed by atoms with Gasteiger partial charge in [0.15, 0.2) is 5.03 Å². The van der Waals surface area contributed by atoms with Crippen LogP contribution >= 0.6 is 0 Å². The maximum atomic E-state index is 12.3. The maximum Gasteiger partial charge on any atom is 0.408 e. The van der Waals surface area contributed by atoms with Crippen molar-refractivity contribution in [3.63, 3.8) is 0 Å². The van der Waals surface area contributed by atoms with Gasteiger partial charge in [0.1, 0.15) is 18.9 Å². The molecule has 1 aliphatic rings. The van der Waals surface area contributed by atoms with E-state index in [9.17, 15) is 21.6 Å². The van der Waals surface area contributed by atoms with Gasteiger partial charge >= 0.3 is 6.18 Å². The van der Waals surface area contributed by atoms with Crippen LogP contribution in [-0.4, -0.2) is 37.5 Å². The number of aromatic nitrogens is 2. The van der Waals surface area contributed by atoms with Gasteiger partial charge in [-0.2, -0.15) is 26.7 Å². The lowest BCUT2D eigenvalue weighted by atomic mass is 10.2. The summed E-state index contributed by atoms with van der Waals surface area (Å²) in [4.78, 5) is 0. The van der Waals surface area contributed by atoms with Crippen LogP contribution in [0.4, 0.5) is 18.9 Å². The molecule has 0 radical (unpaired) electrons. The molecular formula is C14H15F3N4O3S. The van der Waals surface area contributed by atoms with Crippen molar-refractivity contribution in [3.8, 4) is 5.75 Å². The van der Waals surface area contributed by atoms with Gasteiger partial charge in [0, 0.05) is 30.9 Å². The fraction of sp³-hybridized carbons (Fsp3) is 0.357. The molecule has 1 aliphatic heterocycles. The number of nitrogens with zero attached hydrogens (tertiary/aromatic N) is 2. The Balaban J connectivity index is 1.79. The highest BCUT2D eigenvalue weighted by atomic mass is 32.2. The zero-order valence-corrected chi connectivity index (χ0v) is 13.7. The maximum absolute atomic E-state index is 12.3. The topological polar surface area (TPSA) is 85.3 Å². The molecule has 25 heavy (non-hydrogen) atoms. The number of sulfonamides is 1. The largest absolute Gasteiger partial charge is 0.492 e. The van der Waals surface area contributed by atoms with E-state index in [0.29, 0.717) is 30.1 Å². The second kappa shape index (κ2) is 6.56. The van der Waals surface area contributed by atoms with E-state index in [0.717, 1.165) is 17.8 Å². The Morgan fingerprint density at radius 3 is 2.88 bits per heavy atom. The summed E-state index contributed by atoms with van der Waals surface area (Å²) in [5, 5.41) is 6.13. The minimum absolute atomic E-state index is 0.242. The monoisotopic (exact) mass is 376 g/mol. The summed E-state index contributed by atoms with van der Waals surface area (Å²) in [6.45, 7) is 0.365. The van der Waals surface area contributed by atoms with Gasteiger partial charge in [-0.25, -0.2) is 0 Å². The first kappa shape index (κ1) is 17.5. The highest BCUT2D eigenvalue weighted by Crippen LogP contribution is 2.26. The summed E-state index contributed by atoms with van der Waals surface area (Å²) in [6.07, 6.45) is -3.52. The van der Waals surface area contributed by atoms with E-state index < -0.39 is 27.8 Å². The number of fused-ring (bicyclic) bond motifs is 1. The summed E-state index contributed by atoms with van der Waals surface area (Å²) in [5.41, 5.74) is 1.13. The quantitative estimate of drug-likeness (QED) is 0.849. The molecule has 0 saturated heterocycles. The fourth-order valence-electron chi connectivity index (χ4n) is 2.32. The number of rotatable bonds is 4. The van der Waals surface area contributed by atoms with Crippen LogP contribution in [-0.2, 0) is 23.1 Å². The van der Waals surface area contributed by atoms with Gasteiger partial charge in [0.25, 0.3) is 10.0 Å². The van der Waals surface area contributed by atoms with E-state index in [1.165, 1.54) is 6.07 Å². The molecular weight excluding hydrogens is 361 g/mol. The van der Waals surface area contributed by atoms with Crippen molar-refractivity contribution in [3.05, 3.63) is 36.0 Å². The fourth-order valence-corrected chi connectivity index (χ4v) is 3.31. The zero-order chi connectivity index (χ0) is 18.1. The Morgan fingerprint density at radius 1 is 1.32 bits per heavy atom. The Kier molecular flexibility index (Phi) is 4.60. The first-order valence-corrected chi connectivity index (χ1v) is 8.81. The Morgan fingerprint density at radius 2 is 2.12 bits per heavy atom. The highest BCUT2D eigenvalue weighted by molar-refractivity contribution is 7.92. The minimum Gasteiger partial charge on any atom is -0.492 e. The Bertz CT molecular complexity index is 864. The predicted molar refractivity (Wildman–Crippen MR) is 82.7 cm³/mol. The van der Waals surface area contributed by atoms with Crippen LogP contribution in [0.15, 0.2) is 35.5 Å².